The Balaban J connectivity index is 1.32. The normalized spacial score (nSPS) is 16.0. The highest BCUT2D eigenvalue weighted by atomic mass is 31.2. The molecule has 0 saturated carbocycles. The van der Waals surface area contributed by atoms with Gasteiger partial charge in [0.15, 0.2) is 16.8 Å². The van der Waals surface area contributed by atoms with Crippen LogP contribution in [-0.4, -0.2) is 85.1 Å². The third-order valence-corrected chi connectivity index (χ3v) is 13.9. The van der Waals surface area contributed by atoms with E-state index in [1.54, 1.807) is 70.2 Å². The molecule has 0 bridgehead atoms. The molecule has 15 heteroatoms. The van der Waals surface area contributed by atoms with Crippen molar-refractivity contribution in [2.24, 2.45) is 5.41 Å². The van der Waals surface area contributed by atoms with Crippen molar-refractivity contribution in [3.63, 3.8) is 0 Å². The van der Waals surface area contributed by atoms with Crippen LogP contribution in [0.2, 0.25) is 0 Å². The maximum absolute atomic E-state index is 14.7. The Morgan fingerprint density at radius 3 is 2.21 bits per heavy atom. The molecule has 0 N–H and O–H groups in total. The molecule has 1 fully saturated rings. The Labute approximate surface area is 400 Å². The Hall–Kier alpha value is -5.94. The minimum Gasteiger partial charge on any atom is -0.497 e. The van der Waals surface area contributed by atoms with E-state index in [0.717, 1.165) is 16.7 Å². The summed E-state index contributed by atoms with van der Waals surface area (Å²) in [6, 6.07) is 25.2. The van der Waals surface area contributed by atoms with Gasteiger partial charge >= 0.3 is 5.97 Å². The third-order valence-electron chi connectivity index (χ3n) is 11.9. The van der Waals surface area contributed by atoms with Crippen LogP contribution in [-0.2, 0) is 35.4 Å². The summed E-state index contributed by atoms with van der Waals surface area (Å²) in [4.78, 5) is 47.3. The number of likely N-dealkylation sites (tertiary alicyclic amines) is 1. The summed E-state index contributed by atoms with van der Waals surface area (Å²) in [5.41, 5.74) is 1.98. The van der Waals surface area contributed by atoms with E-state index in [-0.39, 0.29) is 62.2 Å². The summed E-state index contributed by atoms with van der Waals surface area (Å²) in [7, 11) is 1.65. The van der Waals surface area contributed by atoms with E-state index in [0.29, 0.717) is 52.6 Å². The first kappa shape index (κ1) is 51.5. The van der Waals surface area contributed by atoms with E-state index < -0.39 is 37.7 Å². The molecule has 1 unspecified atom stereocenters. The first-order valence-corrected chi connectivity index (χ1v) is 24.1. The molecule has 0 spiro atoms. The number of hydrogen-bond donors (Lipinski definition) is 0. The molecule has 1 saturated heterocycles. The number of hydrogen-bond acceptors (Lipinski definition) is 13. The average molecular weight is 947 g/mol. The van der Waals surface area contributed by atoms with Crippen molar-refractivity contribution in [1.29, 1.82) is 5.26 Å². The first-order valence-electron chi connectivity index (χ1n) is 22.9. The lowest BCUT2D eigenvalue weighted by molar-refractivity contribution is -0.143. The fourth-order valence-electron chi connectivity index (χ4n) is 8.22. The van der Waals surface area contributed by atoms with Crippen molar-refractivity contribution in [1.82, 2.24) is 14.6 Å². The fourth-order valence-corrected chi connectivity index (χ4v) is 9.81. The van der Waals surface area contributed by atoms with Gasteiger partial charge in [0.25, 0.3) is 8.53 Å². The van der Waals surface area contributed by atoms with Gasteiger partial charge in [0.1, 0.15) is 34.1 Å². The first-order chi connectivity index (χ1) is 32.6. The molecule has 1 aliphatic carbocycles. The highest BCUT2D eigenvalue weighted by Gasteiger charge is 2.43. The number of esters is 1. The van der Waals surface area contributed by atoms with E-state index in [1.807, 2.05) is 68.5 Å². The van der Waals surface area contributed by atoms with E-state index in [1.165, 1.54) is 6.07 Å². The molecule has 68 heavy (non-hydrogen) atoms. The van der Waals surface area contributed by atoms with Crippen LogP contribution in [0.4, 0.5) is 0 Å². The van der Waals surface area contributed by atoms with Gasteiger partial charge in [-0.15, -0.1) is 0 Å². The van der Waals surface area contributed by atoms with Gasteiger partial charge in [-0.25, -0.2) is 9.65 Å². The largest absolute Gasteiger partial charge is 0.497 e. The van der Waals surface area contributed by atoms with Crippen molar-refractivity contribution in [3.8, 4) is 34.8 Å². The summed E-state index contributed by atoms with van der Waals surface area (Å²) in [5, 5.41) is 9.31. The second-order valence-electron chi connectivity index (χ2n) is 17.8. The van der Waals surface area contributed by atoms with Gasteiger partial charge in [0.2, 0.25) is 5.91 Å². The monoisotopic (exact) mass is 946 g/mol. The summed E-state index contributed by atoms with van der Waals surface area (Å²) in [6.45, 7) is 18.8. The number of carbonyl (C=O) groups excluding carboxylic acids is 2. The predicted octanol–water partition coefficient (Wildman–Crippen LogP) is 10.2. The van der Waals surface area contributed by atoms with Crippen LogP contribution >= 0.6 is 8.53 Å². The molecule has 2 heterocycles. The molecule has 360 valence electrons. The van der Waals surface area contributed by atoms with Gasteiger partial charge < -0.3 is 37.3 Å². The zero-order chi connectivity index (χ0) is 49.2. The van der Waals surface area contributed by atoms with Crippen molar-refractivity contribution in [2.45, 2.75) is 97.9 Å². The molecule has 14 nitrogen and oxygen atoms in total. The summed E-state index contributed by atoms with van der Waals surface area (Å²) < 4.78 is 45.1. The lowest BCUT2D eigenvalue weighted by atomic mass is 9.79. The lowest BCUT2D eigenvalue weighted by Crippen LogP contribution is -2.42. The molecule has 3 aromatic carbocycles. The number of aryl methyl sites for hydroxylation is 1. The Morgan fingerprint density at radius 2 is 1.65 bits per heavy atom. The number of fused-ring (bicyclic) bond motifs is 2. The summed E-state index contributed by atoms with van der Waals surface area (Å²) >= 11 is 0. The van der Waals surface area contributed by atoms with Crippen LogP contribution in [0.25, 0.3) is 22.6 Å². The van der Waals surface area contributed by atoms with Crippen molar-refractivity contribution in [2.75, 3.05) is 40.5 Å². The summed E-state index contributed by atoms with van der Waals surface area (Å²) in [5.74, 6) is 1.36. The van der Waals surface area contributed by atoms with Crippen molar-refractivity contribution < 1.29 is 42.0 Å². The molecule has 2 aliphatic heterocycles. The molecule has 3 atom stereocenters. The number of amides is 1. The molecule has 6 rings (SSSR count). The molecular formula is C53H63N4O10P. The van der Waals surface area contributed by atoms with Crippen LogP contribution in [0.5, 0.6) is 17.2 Å². The standard InChI is InChI=1S/C53H63N4O10P/c1-11-37(12-2)53(38-16-20-41(61-9)21-17-38,39-18-22-42(62-10)23-19-39)63-34-40-30-44(67-68(64-28-14-27-54)57(13-3)35(4)5)33-56(40)50(59)26-15-36-29-46-49(32-47(36)58)66-48-31-43(24-25-45(48)55-46)65-51(60)52(6,7)8/h11-12,16-25,29,31-32,35,40,44H,1,13-15,26,28,30,33-34H2,2-10H3/b37-12+/t40-,44+,68?/m0/s1. The number of benzene rings is 4. The Kier molecular flexibility index (Phi) is 17.3. The molecule has 3 aliphatic rings. The van der Waals surface area contributed by atoms with Gasteiger partial charge in [-0.3, -0.25) is 14.4 Å². The fraction of sp³-hybridized carbons (Fsp3) is 0.415. The van der Waals surface area contributed by atoms with E-state index >= 15 is 0 Å². The number of rotatable bonds is 21. The Bertz CT molecular complexity index is 2590. The van der Waals surface area contributed by atoms with Crippen LogP contribution < -0.4 is 19.6 Å². The van der Waals surface area contributed by atoms with E-state index in [9.17, 15) is 19.6 Å². The zero-order valence-electron chi connectivity index (χ0n) is 40.6. The van der Waals surface area contributed by atoms with Crippen LogP contribution in [0.3, 0.4) is 0 Å². The number of nitrogens with zero attached hydrogens (tertiary/aromatic N) is 4. The second-order valence-corrected chi connectivity index (χ2v) is 19.3. The average Bonchev–Trinajstić information content (AvgIpc) is 3.73. The van der Waals surface area contributed by atoms with Crippen LogP contribution in [0, 0.1) is 16.7 Å². The minimum absolute atomic E-state index is 0.0204. The SMILES string of the molecule is C=C/C(=C\C)C(OC[C@@H]1C[C@@H](OP(OCCC#N)N(CC)C(C)C)CN1C(=O)CCc1cc2nc3ccc(OC(=O)C(C)(C)C)cc3oc-2cc1=O)(c1ccc(OC)cc1)c1ccc(OC)cc1. The maximum atomic E-state index is 14.7. The molecule has 3 aromatic rings. The smallest absolute Gasteiger partial charge is 0.316 e. The minimum atomic E-state index is -1.58. The quantitative estimate of drug-likeness (QED) is 0.0171. The Morgan fingerprint density at radius 1 is 1.00 bits per heavy atom. The maximum Gasteiger partial charge on any atom is 0.316 e. The number of methoxy groups -OCH3 is 2. The highest BCUT2D eigenvalue weighted by Crippen LogP contribution is 2.48. The van der Waals surface area contributed by atoms with Gasteiger partial charge in [-0.2, -0.15) is 5.26 Å². The number of ether oxygens (including phenoxy) is 4. The number of aromatic nitrogens is 1. The zero-order valence-corrected chi connectivity index (χ0v) is 41.5. The lowest BCUT2D eigenvalue weighted by Gasteiger charge is -2.38. The van der Waals surface area contributed by atoms with Gasteiger partial charge in [-0.05, 0) is 114 Å². The van der Waals surface area contributed by atoms with Crippen LogP contribution in [0.1, 0.15) is 84.4 Å². The van der Waals surface area contributed by atoms with Crippen molar-refractivity contribution >= 4 is 31.5 Å². The molecule has 1 amide bonds. The topological polar surface area (TPSA) is 163 Å². The second kappa shape index (κ2) is 22.9. The number of nitriles is 1. The van der Waals surface area contributed by atoms with Crippen molar-refractivity contribution in [3.05, 3.63) is 130 Å². The number of carbonyl (C=O) groups is 2. The number of allylic oxidation sites excluding steroid dienone is 1. The van der Waals surface area contributed by atoms with E-state index in [2.05, 4.69) is 31.2 Å². The van der Waals surface area contributed by atoms with Gasteiger partial charge in [-0.1, -0.05) is 49.9 Å². The highest BCUT2D eigenvalue weighted by molar-refractivity contribution is 7.44. The van der Waals surface area contributed by atoms with E-state index in [4.69, 9.17) is 37.4 Å². The van der Waals surface area contributed by atoms with Gasteiger partial charge in [0.05, 0.1) is 57.5 Å². The van der Waals surface area contributed by atoms with Crippen LogP contribution in [0.15, 0.2) is 112 Å². The van der Waals surface area contributed by atoms with Gasteiger partial charge in [0, 0.05) is 43.2 Å². The molecular weight excluding hydrogens is 884 g/mol. The predicted molar refractivity (Wildman–Crippen MR) is 263 cm³/mol. The third kappa shape index (κ3) is 11.8. The summed E-state index contributed by atoms with van der Waals surface area (Å²) in [6.07, 6.45) is 4.13. The molecule has 0 aromatic heterocycles. The molecule has 0 radical (unpaired) electrons.